The summed E-state index contributed by atoms with van der Waals surface area (Å²) in [6.07, 6.45) is 5.06. The van der Waals surface area contributed by atoms with Gasteiger partial charge in [-0.3, -0.25) is 14.4 Å². The van der Waals surface area contributed by atoms with Gasteiger partial charge in [-0.15, -0.1) is 0 Å². The second-order valence-electron chi connectivity index (χ2n) is 4.91. The average Bonchev–Trinajstić information content (AvgIpc) is 3.17. The maximum Gasteiger partial charge on any atom is 0.290 e. The minimum atomic E-state index is -0.250. The highest BCUT2D eigenvalue weighted by Gasteiger charge is 2.22. The van der Waals surface area contributed by atoms with Gasteiger partial charge in [0.05, 0.1) is 13.2 Å². The Hall–Kier alpha value is -2.42. The molecular formula is C14H22N4O5. The number of carboxylic acid groups (broad SMARTS) is 1. The van der Waals surface area contributed by atoms with E-state index in [2.05, 4.69) is 9.97 Å². The van der Waals surface area contributed by atoms with Crippen molar-refractivity contribution in [3.8, 4) is 0 Å². The first-order chi connectivity index (χ1) is 11.1. The van der Waals surface area contributed by atoms with Crippen LogP contribution in [0.15, 0.2) is 12.4 Å². The average molecular weight is 326 g/mol. The van der Waals surface area contributed by atoms with E-state index in [-0.39, 0.29) is 37.9 Å². The van der Waals surface area contributed by atoms with Gasteiger partial charge in [0.15, 0.2) is 0 Å². The van der Waals surface area contributed by atoms with Crippen molar-refractivity contribution in [3.05, 3.63) is 18.2 Å². The van der Waals surface area contributed by atoms with Gasteiger partial charge in [-0.1, -0.05) is 0 Å². The lowest BCUT2D eigenvalue weighted by Gasteiger charge is -2.22. The molecule has 0 aliphatic carbocycles. The fourth-order valence-electron chi connectivity index (χ4n) is 2.31. The first-order valence-electron chi connectivity index (χ1n) is 7.34. The summed E-state index contributed by atoms with van der Waals surface area (Å²) < 4.78 is 0. The molecule has 1 aromatic heterocycles. The van der Waals surface area contributed by atoms with Crippen molar-refractivity contribution in [3.63, 3.8) is 0 Å². The molecule has 1 saturated heterocycles. The number of likely N-dealkylation sites (tertiary alicyclic amines) is 1. The highest BCUT2D eigenvalue weighted by molar-refractivity contribution is 5.80. The van der Waals surface area contributed by atoms with Gasteiger partial charge in [0, 0.05) is 44.9 Å². The van der Waals surface area contributed by atoms with Gasteiger partial charge in [0.2, 0.25) is 11.8 Å². The van der Waals surface area contributed by atoms with Crippen LogP contribution in [0.5, 0.6) is 0 Å². The molecule has 23 heavy (non-hydrogen) atoms. The van der Waals surface area contributed by atoms with E-state index in [9.17, 15) is 9.59 Å². The molecule has 9 heteroatoms. The van der Waals surface area contributed by atoms with Crippen molar-refractivity contribution in [1.82, 2.24) is 19.8 Å². The van der Waals surface area contributed by atoms with E-state index in [0.29, 0.717) is 25.3 Å². The van der Waals surface area contributed by atoms with Gasteiger partial charge < -0.3 is 25.0 Å². The molecule has 0 atom stereocenters. The fraction of sp³-hybridized carbons (Fsp3) is 0.571. The van der Waals surface area contributed by atoms with Crippen LogP contribution in [0.3, 0.4) is 0 Å². The zero-order valence-corrected chi connectivity index (χ0v) is 12.8. The number of amides is 2. The molecule has 1 fully saturated rings. The molecule has 0 radical (unpaired) electrons. The molecule has 1 aromatic rings. The topological polar surface area (TPSA) is 127 Å². The fourth-order valence-corrected chi connectivity index (χ4v) is 2.31. The first-order valence-corrected chi connectivity index (χ1v) is 7.34. The lowest BCUT2D eigenvalue weighted by atomic mass is 10.3. The quantitative estimate of drug-likeness (QED) is 0.577. The SMILES string of the molecule is O=C1CCCN1CCC(=O)N(CCO)Cc1ncc[nH]1.O=CO. The summed E-state index contributed by atoms with van der Waals surface area (Å²) in [4.78, 5) is 42.3. The standard InChI is InChI=1S/C13H20N4O3.CH2O2/c18-9-8-17(10-11-14-4-5-15-11)13(20)3-7-16-6-1-2-12(16)19;2-1-3/h4-5,18H,1-3,6-10H2,(H,14,15);1H,(H,2,3). The number of aromatic amines is 1. The van der Waals surface area contributed by atoms with Crippen LogP contribution in [0, 0.1) is 0 Å². The lowest BCUT2D eigenvalue weighted by molar-refractivity contribution is -0.134. The molecule has 128 valence electrons. The monoisotopic (exact) mass is 326 g/mol. The third-order valence-corrected chi connectivity index (χ3v) is 3.39. The van der Waals surface area contributed by atoms with Gasteiger partial charge >= 0.3 is 0 Å². The van der Waals surface area contributed by atoms with Crippen LogP contribution in [0.25, 0.3) is 0 Å². The Labute approximate surface area is 133 Å². The Morgan fingerprint density at radius 3 is 2.78 bits per heavy atom. The molecule has 2 rings (SSSR count). The zero-order valence-electron chi connectivity index (χ0n) is 12.8. The molecule has 3 N–H and O–H groups in total. The van der Waals surface area contributed by atoms with E-state index in [0.717, 1.165) is 13.0 Å². The Balaban J connectivity index is 0.000000816. The van der Waals surface area contributed by atoms with Crippen molar-refractivity contribution in [2.75, 3.05) is 26.2 Å². The minimum absolute atomic E-state index is 0.0739. The van der Waals surface area contributed by atoms with E-state index in [4.69, 9.17) is 15.0 Å². The van der Waals surface area contributed by atoms with Gasteiger partial charge in [-0.05, 0) is 6.42 Å². The molecule has 0 bridgehead atoms. The molecule has 1 aliphatic rings. The van der Waals surface area contributed by atoms with Crippen LogP contribution in [-0.4, -0.2) is 74.5 Å². The van der Waals surface area contributed by atoms with Crippen LogP contribution in [-0.2, 0) is 20.9 Å². The number of hydrogen-bond donors (Lipinski definition) is 3. The van der Waals surface area contributed by atoms with E-state index in [1.165, 1.54) is 0 Å². The summed E-state index contributed by atoms with van der Waals surface area (Å²) in [5.41, 5.74) is 0. The molecule has 2 amide bonds. The maximum absolute atomic E-state index is 12.2. The van der Waals surface area contributed by atoms with Crippen LogP contribution < -0.4 is 0 Å². The predicted octanol–water partition coefficient (Wildman–Crippen LogP) is -0.556. The second kappa shape index (κ2) is 10.3. The second-order valence-corrected chi connectivity index (χ2v) is 4.91. The highest BCUT2D eigenvalue weighted by Crippen LogP contribution is 2.10. The number of aromatic nitrogens is 2. The first kappa shape index (κ1) is 18.6. The van der Waals surface area contributed by atoms with Crippen LogP contribution in [0.4, 0.5) is 0 Å². The van der Waals surface area contributed by atoms with Crippen LogP contribution in [0.1, 0.15) is 25.1 Å². The number of carbonyl (C=O) groups is 3. The summed E-state index contributed by atoms with van der Waals surface area (Å²) in [6, 6.07) is 0. The molecule has 0 aromatic carbocycles. The van der Waals surface area contributed by atoms with E-state index < -0.39 is 0 Å². The van der Waals surface area contributed by atoms with Gasteiger partial charge in [0.25, 0.3) is 6.47 Å². The number of hydrogen-bond acceptors (Lipinski definition) is 5. The number of carbonyl (C=O) groups excluding carboxylic acids is 2. The zero-order chi connectivity index (χ0) is 17.1. The number of aliphatic hydroxyl groups is 1. The molecule has 0 saturated carbocycles. The van der Waals surface area contributed by atoms with Crippen molar-refractivity contribution in [2.45, 2.75) is 25.8 Å². The maximum atomic E-state index is 12.2. The Morgan fingerprint density at radius 1 is 1.52 bits per heavy atom. The van der Waals surface area contributed by atoms with Crippen LogP contribution >= 0.6 is 0 Å². The molecule has 9 nitrogen and oxygen atoms in total. The van der Waals surface area contributed by atoms with Crippen molar-refractivity contribution < 1.29 is 24.6 Å². The predicted molar refractivity (Wildman–Crippen MR) is 80.2 cm³/mol. The van der Waals surface area contributed by atoms with E-state index in [1.54, 1.807) is 22.2 Å². The molecule has 0 spiro atoms. The number of imidazole rings is 1. The molecule has 2 heterocycles. The molecular weight excluding hydrogens is 304 g/mol. The minimum Gasteiger partial charge on any atom is -0.483 e. The molecule has 1 aliphatic heterocycles. The third-order valence-electron chi connectivity index (χ3n) is 3.39. The third kappa shape index (κ3) is 6.47. The highest BCUT2D eigenvalue weighted by atomic mass is 16.3. The Bertz CT molecular complexity index is 491. The smallest absolute Gasteiger partial charge is 0.290 e. The Kier molecular flexibility index (Phi) is 8.37. The number of nitrogens with zero attached hydrogens (tertiary/aromatic N) is 3. The number of aliphatic hydroxyl groups excluding tert-OH is 1. The summed E-state index contributed by atoms with van der Waals surface area (Å²) in [7, 11) is 0. The summed E-state index contributed by atoms with van der Waals surface area (Å²) in [6.45, 7) is 1.48. The number of H-pyrrole nitrogens is 1. The Morgan fingerprint density at radius 2 is 2.26 bits per heavy atom. The normalized spacial score (nSPS) is 13.4. The summed E-state index contributed by atoms with van der Waals surface area (Å²) in [5, 5.41) is 15.9. The van der Waals surface area contributed by atoms with Crippen molar-refractivity contribution in [2.24, 2.45) is 0 Å². The summed E-state index contributed by atoms with van der Waals surface area (Å²) >= 11 is 0. The van der Waals surface area contributed by atoms with Gasteiger partial charge in [0.1, 0.15) is 5.82 Å². The van der Waals surface area contributed by atoms with Crippen molar-refractivity contribution in [1.29, 1.82) is 0 Å². The van der Waals surface area contributed by atoms with E-state index >= 15 is 0 Å². The van der Waals surface area contributed by atoms with Crippen molar-refractivity contribution >= 4 is 18.3 Å². The largest absolute Gasteiger partial charge is 0.483 e. The van der Waals surface area contributed by atoms with Gasteiger partial charge in [-0.2, -0.15) is 0 Å². The van der Waals surface area contributed by atoms with Gasteiger partial charge in [-0.25, -0.2) is 4.98 Å². The lowest BCUT2D eigenvalue weighted by Crippen LogP contribution is -2.36. The van der Waals surface area contributed by atoms with E-state index in [1.807, 2.05) is 0 Å². The van der Waals surface area contributed by atoms with Crippen LogP contribution in [0.2, 0.25) is 0 Å². The number of rotatable bonds is 7. The summed E-state index contributed by atoms with van der Waals surface area (Å²) in [5.74, 6) is 0.733. The number of nitrogens with one attached hydrogen (secondary N) is 1. The molecule has 0 unspecified atom stereocenters.